The van der Waals surface area contributed by atoms with Crippen LogP contribution in [-0.4, -0.2) is 59.5 Å². The lowest BCUT2D eigenvalue weighted by atomic mass is 9.96. The molecule has 2 rings (SSSR count). The van der Waals surface area contributed by atoms with Gasteiger partial charge < -0.3 is 14.9 Å². The van der Waals surface area contributed by atoms with Crippen LogP contribution in [0.2, 0.25) is 0 Å². The summed E-state index contributed by atoms with van der Waals surface area (Å²) >= 11 is 0. The average molecular weight is 254 g/mol. The van der Waals surface area contributed by atoms with Gasteiger partial charge in [-0.1, -0.05) is 0 Å². The van der Waals surface area contributed by atoms with Crippen molar-refractivity contribution in [1.82, 2.24) is 9.80 Å². The minimum atomic E-state index is -0.0416. The van der Waals surface area contributed by atoms with Crippen molar-refractivity contribution in [3.8, 4) is 0 Å². The molecule has 0 bridgehead atoms. The second-order valence-electron chi connectivity index (χ2n) is 5.43. The van der Waals surface area contributed by atoms with Crippen molar-refractivity contribution in [2.45, 2.75) is 26.2 Å². The van der Waals surface area contributed by atoms with Crippen molar-refractivity contribution in [2.24, 2.45) is 11.8 Å². The Morgan fingerprint density at radius 3 is 2.56 bits per heavy atom. The summed E-state index contributed by atoms with van der Waals surface area (Å²) in [7, 11) is 0. The Bertz CT molecular complexity index is 332. The number of hydrogen-bond donors (Lipinski definition) is 1. The summed E-state index contributed by atoms with van der Waals surface area (Å²) in [4.78, 5) is 27.3. The number of rotatable bonds is 2. The molecule has 2 heterocycles. The fourth-order valence-electron chi connectivity index (χ4n) is 2.90. The van der Waals surface area contributed by atoms with Crippen LogP contribution in [0.1, 0.15) is 26.2 Å². The molecule has 2 atom stereocenters. The summed E-state index contributed by atoms with van der Waals surface area (Å²) in [6, 6.07) is 0. The molecule has 0 aromatic carbocycles. The fraction of sp³-hybridized carbons (Fsp3) is 0.846. The van der Waals surface area contributed by atoms with Crippen molar-refractivity contribution >= 4 is 11.8 Å². The van der Waals surface area contributed by atoms with Crippen LogP contribution in [-0.2, 0) is 9.59 Å². The van der Waals surface area contributed by atoms with Crippen molar-refractivity contribution in [2.75, 3.05) is 32.8 Å². The van der Waals surface area contributed by atoms with E-state index < -0.39 is 0 Å². The van der Waals surface area contributed by atoms with E-state index in [-0.39, 0.29) is 30.3 Å². The van der Waals surface area contributed by atoms with Gasteiger partial charge in [0.25, 0.3) is 0 Å². The zero-order valence-electron chi connectivity index (χ0n) is 11.0. The first kappa shape index (κ1) is 13.3. The number of likely N-dealkylation sites (tertiary alicyclic amines) is 2. The summed E-state index contributed by atoms with van der Waals surface area (Å²) in [6.07, 6.45) is 2.68. The fourth-order valence-corrected chi connectivity index (χ4v) is 2.90. The Morgan fingerprint density at radius 2 is 1.94 bits per heavy atom. The van der Waals surface area contributed by atoms with Gasteiger partial charge in [0.1, 0.15) is 0 Å². The third kappa shape index (κ3) is 2.83. The van der Waals surface area contributed by atoms with E-state index in [1.807, 2.05) is 4.90 Å². The predicted molar refractivity (Wildman–Crippen MR) is 66.8 cm³/mol. The summed E-state index contributed by atoms with van der Waals surface area (Å²) in [5.74, 6) is 0.417. The Balaban J connectivity index is 1.91. The molecule has 0 aromatic heterocycles. The Kier molecular flexibility index (Phi) is 4.22. The molecule has 0 spiro atoms. The molecule has 2 saturated heterocycles. The van der Waals surface area contributed by atoms with E-state index in [1.54, 1.807) is 11.8 Å². The lowest BCUT2D eigenvalue weighted by molar-refractivity contribution is -0.139. The molecule has 0 saturated carbocycles. The summed E-state index contributed by atoms with van der Waals surface area (Å²) < 4.78 is 0. The maximum atomic E-state index is 12.3. The number of carbonyl (C=O) groups is 2. The molecule has 0 radical (unpaired) electrons. The minimum absolute atomic E-state index is 0.0416. The highest BCUT2D eigenvalue weighted by Gasteiger charge is 2.33. The molecule has 1 N–H and O–H groups in total. The molecule has 0 aromatic rings. The summed E-state index contributed by atoms with van der Waals surface area (Å²) in [5.41, 5.74) is 0. The molecule has 102 valence electrons. The largest absolute Gasteiger partial charge is 0.396 e. The lowest BCUT2D eigenvalue weighted by Crippen LogP contribution is -2.45. The third-order valence-electron chi connectivity index (χ3n) is 4.07. The molecule has 0 aliphatic carbocycles. The standard InChI is InChI=1S/C13H22N2O3/c1-10(17)14-5-2-3-12(8-14)13(18)15-6-4-11(7-15)9-16/h11-12,16H,2-9H2,1H3. The first-order valence-corrected chi connectivity index (χ1v) is 6.77. The van der Waals surface area contributed by atoms with E-state index in [0.717, 1.165) is 32.4 Å². The second-order valence-corrected chi connectivity index (χ2v) is 5.43. The molecule has 2 fully saturated rings. The van der Waals surface area contributed by atoms with Crippen LogP contribution in [0.25, 0.3) is 0 Å². The maximum absolute atomic E-state index is 12.3. The van der Waals surface area contributed by atoms with Gasteiger partial charge in [-0.05, 0) is 19.3 Å². The van der Waals surface area contributed by atoms with Gasteiger partial charge in [0.2, 0.25) is 11.8 Å². The molecule has 2 amide bonds. The molecule has 2 aliphatic heterocycles. The highest BCUT2D eigenvalue weighted by atomic mass is 16.3. The van der Waals surface area contributed by atoms with Gasteiger partial charge in [0.05, 0.1) is 5.92 Å². The zero-order chi connectivity index (χ0) is 13.1. The first-order valence-electron chi connectivity index (χ1n) is 6.77. The third-order valence-corrected chi connectivity index (χ3v) is 4.07. The van der Waals surface area contributed by atoms with Crippen molar-refractivity contribution in [3.05, 3.63) is 0 Å². The van der Waals surface area contributed by atoms with E-state index >= 15 is 0 Å². The van der Waals surface area contributed by atoms with Gasteiger partial charge in [-0.3, -0.25) is 9.59 Å². The van der Waals surface area contributed by atoms with Gasteiger partial charge in [-0.15, -0.1) is 0 Å². The monoisotopic (exact) mass is 254 g/mol. The lowest BCUT2D eigenvalue weighted by Gasteiger charge is -2.33. The van der Waals surface area contributed by atoms with Crippen LogP contribution in [0.5, 0.6) is 0 Å². The van der Waals surface area contributed by atoms with Crippen LogP contribution < -0.4 is 0 Å². The van der Waals surface area contributed by atoms with E-state index in [4.69, 9.17) is 5.11 Å². The molecule has 2 aliphatic rings. The first-order chi connectivity index (χ1) is 8.61. The number of piperidine rings is 1. The van der Waals surface area contributed by atoms with Crippen LogP contribution in [0.4, 0.5) is 0 Å². The Hall–Kier alpha value is -1.10. The zero-order valence-corrected chi connectivity index (χ0v) is 11.0. The molecule has 2 unspecified atom stereocenters. The van der Waals surface area contributed by atoms with Crippen LogP contribution in [0.3, 0.4) is 0 Å². The molecule has 5 heteroatoms. The topological polar surface area (TPSA) is 60.9 Å². The van der Waals surface area contributed by atoms with E-state index in [9.17, 15) is 9.59 Å². The van der Waals surface area contributed by atoms with Crippen molar-refractivity contribution in [1.29, 1.82) is 0 Å². The molecular formula is C13H22N2O3. The van der Waals surface area contributed by atoms with E-state index in [2.05, 4.69) is 0 Å². The summed E-state index contributed by atoms with van der Waals surface area (Å²) in [6.45, 7) is 4.48. The highest BCUT2D eigenvalue weighted by Crippen LogP contribution is 2.23. The number of hydrogen-bond acceptors (Lipinski definition) is 3. The normalized spacial score (nSPS) is 28.6. The maximum Gasteiger partial charge on any atom is 0.227 e. The number of amides is 2. The quantitative estimate of drug-likeness (QED) is 0.759. The van der Waals surface area contributed by atoms with E-state index in [1.165, 1.54) is 0 Å². The van der Waals surface area contributed by atoms with Gasteiger partial charge in [-0.2, -0.15) is 0 Å². The highest BCUT2D eigenvalue weighted by molar-refractivity contribution is 5.81. The van der Waals surface area contributed by atoms with Gasteiger partial charge in [0.15, 0.2) is 0 Å². The number of carbonyl (C=O) groups excluding carboxylic acids is 2. The van der Waals surface area contributed by atoms with E-state index in [0.29, 0.717) is 13.1 Å². The SMILES string of the molecule is CC(=O)N1CCCC(C(=O)N2CCC(CO)C2)C1. The number of nitrogens with zero attached hydrogens (tertiary/aromatic N) is 2. The Morgan fingerprint density at radius 1 is 1.17 bits per heavy atom. The van der Waals surface area contributed by atoms with Crippen molar-refractivity contribution in [3.63, 3.8) is 0 Å². The second kappa shape index (κ2) is 5.69. The minimum Gasteiger partial charge on any atom is -0.396 e. The van der Waals surface area contributed by atoms with Crippen molar-refractivity contribution < 1.29 is 14.7 Å². The van der Waals surface area contributed by atoms with Gasteiger partial charge >= 0.3 is 0 Å². The number of aliphatic hydroxyl groups is 1. The molecule has 18 heavy (non-hydrogen) atoms. The van der Waals surface area contributed by atoms with Crippen LogP contribution in [0, 0.1) is 11.8 Å². The van der Waals surface area contributed by atoms with Crippen LogP contribution in [0.15, 0.2) is 0 Å². The number of aliphatic hydroxyl groups excluding tert-OH is 1. The van der Waals surface area contributed by atoms with Crippen LogP contribution >= 0.6 is 0 Å². The predicted octanol–water partition coefficient (Wildman–Crippen LogP) is 0.0857. The Labute approximate surface area is 108 Å². The van der Waals surface area contributed by atoms with Gasteiger partial charge in [-0.25, -0.2) is 0 Å². The average Bonchev–Trinajstić information content (AvgIpc) is 2.86. The molecule has 5 nitrogen and oxygen atoms in total. The smallest absolute Gasteiger partial charge is 0.227 e. The summed E-state index contributed by atoms with van der Waals surface area (Å²) in [5, 5.41) is 9.10. The van der Waals surface area contributed by atoms with Gasteiger partial charge in [0, 0.05) is 45.6 Å². The molecular weight excluding hydrogens is 232 g/mol.